The summed E-state index contributed by atoms with van der Waals surface area (Å²) in [5.74, 6) is -0.833. The maximum absolute atomic E-state index is 13.0. The van der Waals surface area contributed by atoms with E-state index in [4.69, 9.17) is 16.3 Å². The molecule has 0 spiro atoms. The first-order valence-corrected chi connectivity index (χ1v) is 10.5. The van der Waals surface area contributed by atoms with Crippen LogP contribution < -0.4 is 4.74 Å². The fraction of sp³-hybridized carbons (Fsp3) is 0.333. The molecule has 7 heteroatoms. The van der Waals surface area contributed by atoms with Crippen LogP contribution in [0.4, 0.5) is 0 Å². The first-order valence-electron chi connectivity index (χ1n) is 10.1. The second-order valence-corrected chi connectivity index (χ2v) is 8.47. The molecule has 1 heterocycles. The predicted octanol–water partition coefficient (Wildman–Crippen LogP) is 4.11. The molecule has 0 bridgehead atoms. The highest BCUT2D eigenvalue weighted by atomic mass is 35.5. The van der Waals surface area contributed by atoms with Gasteiger partial charge >= 0.3 is 0 Å². The van der Waals surface area contributed by atoms with E-state index in [1.807, 2.05) is 57.1 Å². The number of likely N-dealkylation sites (tertiary alicyclic amines) is 1. The smallest absolute Gasteiger partial charge is 0.295 e. The molecular weight excluding hydrogens is 416 g/mol. The summed E-state index contributed by atoms with van der Waals surface area (Å²) in [5, 5.41) is 11.5. The highest BCUT2D eigenvalue weighted by Crippen LogP contribution is 2.39. The molecule has 1 aliphatic heterocycles. The molecular formula is C24H27ClN2O4. The second kappa shape index (κ2) is 9.54. The number of ketones is 1. The highest BCUT2D eigenvalue weighted by molar-refractivity contribution is 6.46. The van der Waals surface area contributed by atoms with Crippen LogP contribution in [-0.2, 0) is 9.59 Å². The Bertz CT molecular complexity index is 982. The Morgan fingerprint density at radius 2 is 1.71 bits per heavy atom. The minimum absolute atomic E-state index is 0.0291. The van der Waals surface area contributed by atoms with E-state index in [9.17, 15) is 14.7 Å². The van der Waals surface area contributed by atoms with Crippen LogP contribution in [0.3, 0.4) is 0 Å². The monoisotopic (exact) mass is 442 g/mol. The number of benzene rings is 2. The van der Waals surface area contributed by atoms with Crippen LogP contribution in [0.2, 0.25) is 5.02 Å². The van der Waals surface area contributed by atoms with Crippen LogP contribution in [-0.4, -0.2) is 59.9 Å². The SMILES string of the molecule is CC(C)Oc1ccc([C@H]2C(=C(O)c3ccc(Cl)cc3)C(=O)C(=O)N2CCN(C)C)cc1. The van der Waals surface area contributed by atoms with Gasteiger partial charge in [0.1, 0.15) is 11.5 Å². The third kappa shape index (κ3) is 5.09. The van der Waals surface area contributed by atoms with Gasteiger partial charge in [-0.15, -0.1) is 0 Å². The van der Waals surface area contributed by atoms with Crippen LogP contribution in [0, 0.1) is 0 Å². The number of aliphatic hydroxyl groups is 1. The summed E-state index contributed by atoms with van der Waals surface area (Å²) >= 11 is 5.95. The van der Waals surface area contributed by atoms with Crippen molar-refractivity contribution in [2.45, 2.75) is 26.0 Å². The lowest BCUT2D eigenvalue weighted by molar-refractivity contribution is -0.140. The molecule has 2 aromatic rings. The topological polar surface area (TPSA) is 70.1 Å². The van der Waals surface area contributed by atoms with Gasteiger partial charge in [-0.25, -0.2) is 0 Å². The summed E-state index contributed by atoms with van der Waals surface area (Å²) in [6, 6.07) is 13.1. The van der Waals surface area contributed by atoms with E-state index in [0.29, 0.717) is 29.4 Å². The van der Waals surface area contributed by atoms with Gasteiger partial charge in [0, 0.05) is 23.7 Å². The van der Waals surface area contributed by atoms with Crippen molar-refractivity contribution in [2.75, 3.05) is 27.2 Å². The van der Waals surface area contributed by atoms with E-state index in [2.05, 4.69) is 0 Å². The molecule has 2 aromatic carbocycles. The van der Waals surface area contributed by atoms with Crippen molar-refractivity contribution in [2.24, 2.45) is 0 Å². The van der Waals surface area contributed by atoms with Crippen LogP contribution in [0.15, 0.2) is 54.1 Å². The zero-order valence-electron chi connectivity index (χ0n) is 18.1. The zero-order valence-corrected chi connectivity index (χ0v) is 18.9. The Morgan fingerprint density at radius 1 is 1.10 bits per heavy atom. The number of carbonyl (C=O) groups excluding carboxylic acids is 2. The molecule has 0 aromatic heterocycles. The molecule has 0 saturated carbocycles. The molecule has 6 nitrogen and oxygen atoms in total. The molecule has 0 unspecified atom stereocenters. The molecule has 164 valence electrons. The minimum atomic E-state index is -0.696. The number of carbonyl (C=O) groups is 2. The van der Waals surface area contributed by atoms with Crippen molar-refractivity contribution in [1.29, 1.82) is 0 Å². The molecule has 1 amide bonds. The van der Waals surface area contributed by atoms with E-state index in [1.165, 1.54) is 4.90 Å². The minimum Gasteiger partial charge on any atom is -0.507 e. The molecule has 0 radical (unpaired) electrons. The predicted molar refractivity (Wildman–Crippen MR) is 121 cm³/mol. The van der Waals surface area contributed by atoms with Crippen LogP contribution >= 0.6 is 11.6 Å². The fourth-order valence-electron chi connectivity index (χ4n) is 3.53. The number of rotatable bonds is 7. The lowest BCUT2D eigenvalue weighted by Gasteiger charge is -2.26. The normalized spacial score (nSPS) is 18.3. The number of aliphatic hydroxyl groups excluding tert-OH is 1. The van der Waals surface area contributed by atoms with Crippen LogP contribution in [0.1, 0.15) is 31.0 Å². The maximum Gasteiger partial charge on any atom is 0.295 e. The van der Waals surface area contributed by atoms with E-state index in [-0.39, 0.29) is 17.4 Å². The van der Waals surface area contributed by atoms with Crippen molar-refractivity contribution in [3.8, 4) is 5.75 Å². The number of Topliss-reactive ketones (excluding diaryl/α,β-unsaturated/α-hetero) is 1. The van der Waals surface area contributed by atoms with Gasteiger partial charge < -0.3 is 19.6 Å². The molecule has 1 aliphatic rings. The van der Waals surface area contributed by atoms with Gasteiger partial charge in [0.05, 0.1) is 17.7 Å². The van der Waals surface area contributed by atoms with Gasteiger partial charge in [0.15, 0.2) is 0 Å². The van der Waals surface area contributed by atoms with Crippen molar-refractivity contribution in [3.63, 3.8) is 0 Å². The highest BCUT2D eigenvalue weighted by Gasteiger charge is 2.45. The van der Waals surface area contributed by atoms with E-state index < -0.39 is 17.7 Å². The zero-order chi connectivity index (χ0) is 22.7. The summed E-state index contributed by atoms with van der Waals surface area (Å²) in [6.07, 6.45) is 0.0291. The van der Waals surface area contributed by atoms with Gasteiger partial charge in [-0.2, -0.15) is 0 Å². The Labute approximate surface area is 187 Å². The first-order chi connectivity index (χ1) is 14.7. The van der Waals surface area contributed by atoms with Crippen LogP contribution in [0.25, 0.3) is 5.76 Å². The molecule has 1 atom stereocenters. The van der Waals surface area contributed by atoms with E-state index >= 15 is 0 Å². The quantitative estimate of drug-likeness (QED) is 0.397. The maximum atomic E-state index is 13.0. The molecule has 31 heavy (non-hydrogen) atoms. The lowest BCUT2D eigenvalue weighted by atomic mass is 9.95. The largest absolute Gasteiger partial charge is 0.507 e. The van der Waals surface area contributed by atoms with Crippen molar-refractivity contribution < 1.29 is 19.4 Å². The molecule has 3 rings (SSSR count). The number of likely N-dealkylation sites (N-methyl/N-ethyl adjacent to an activating group) is 1. The number of hydrogen-bond acceptors (Lipinski definition) is 5. The summed E-state index contributed by atoms with van der Waals surface area (Å²) in [5.41, 5.74) is 1.23. The second-order valence-electron chi connectivity index (χ2n) is 8.04. The molecule has 0 aliphatic carbocycles. The van der Waals surface area contributed by atoms with Gasteiger partial charge in [-0.3, -0.25) is 9.59 Å². The van der Waals surface area contributed by atoms with Gasteiger partial charge in [0.25, 0.3) is 11.7 Å². The number of halogens is 1. The Kier molecular flexibility index (Phi) is 7.03. The van der Waals surface area contributed by atoms with Crippen molar-refractivity contribution in [1.82, 2.24) is 9.80 Å². The lowest BCUT2D eigenvalue weighted by Crippen LogP contribution is -2.35. The summed E-state index contributed by atoms with van der Waals surface area (Å²) < 4.78 is 5.71. The van der Waals surface area contributed by atoms with Crippen molar-refractivity contribution >= 4 is 29.1 Å². The Morgan fingerprint density at radius 3 is 2.26 bits per heavy atom. The molecule has 1 fully saturated rings. The number of ether oxygens (including phenoxy) is 1. The van der Waals surface area contributed by atoms with E-state index in [1.54, 1.807) is 24.3 Å². The standard InChI is InChI=1S/C24H27ClN2O4/c1-15(2)31-19-11-7-16(8-12-19)21-20(22(28)17-5-9-18(25)10-6-17)23(29)24(30)27(21)14-13-26(3)4/h5-12,15,21,28H,13-14H2,1-4H3/t21-/m0/s1. The number of hydrogen-bond donors (Lipinski definition) is 1. The average molecular weight is 443 g/mol. The Hall–Kier alpha value is -2.83. The number of nitrogens with zero attached hydrogens (tertiary/aromatic N) is 2. The first kappa shape index (κ1) is 22.8. The number of amides is 1. The van der Waals surface area contributed by atoms with Crippen LogP contribution in [0.5, 0.6) is 5.75 Å². The summed E-state index contributed by atoms with van der Waals surface area (Å²) in [4.78, 5) is 29.3. The van der Waals surface area contributed by atoms with E-state index in [0.717, 1.165) is 5.56 Å². The molecule has 1 N–H and O–H groups in total. The van der Waals surface area contributed by atoms with Crippen molar-refractivity contribution in [3.05, 3.63) is 70.3 Å². The fourth-order valence-corrected chi connectivity index (χ4v) is 3.66. The third-order valence-electron chi connectivity index (χ3n) is 5.01. The van der Waals surface area contributed by atoms with Gasteiger partial charge in [-0.05, 0) is 69.9 Å². The summed E-state index contributed by atoms with van der Waals surface area (Å²) in [7, 11) is 3.80. The Balaban J connectivity index is 2.08. The average Bonchev–Trinajstić information content (AvgIpc) is 2.97. The summed E-state index contributed by atoms with van der Waals surface area (Å²) in [6.45, 7) is 4.81. The van der Waals surface area contributed by atoms with Gasteiger partial charge in [-0.1, -0.05) is 23.7 Å². The van der Waals surface area contributed by atoms with Gasteiger partial charge in [0.2, 0.25) is 0 Å². The third-order valence-corrected chi connectivity index (χ3v) is 5.27. The molecule has 1 saturated heterocycles.